The second-order valence-corrected chi connectivity index (χ2v) is 3.64. The Morgan fingerprint density at radius 3 is 2.57 bits per heavy atom. The minimum absolute atomic E-state index is 0.0245. The lowest BCUT2D eigenvalue weighted by Crippen LogP contribution is -1.89. The molecule has 5 heteroatoms. The van der Waals surface area contributed by atoms with Crippen LogP contribution in [0.25, 0.3) is 5.57 Å². The van der Waals surface area contributed by atoms with Gasteiger partial charge in [-0.3, -0.25) is 10.1 Å². The molecule has 0 amide bonds. The lowest BCUT2D eigenvalue weighted by molar-refractivity contribution is -0.384. The van der Waals surface area contributed by atoms with E-state index in [9.17, 15) is 10.1 Å². The summed E-state index contributed by atoms with van der Waals surface area (Å²) in [6.07, 6.45) is 0. The monoisotopic (exact) mass is 231 g/mol. The number of non-ortho nitro benzene ring substituents is 1. The zero-order chi connectivity index (χ0) is 10.7. The number of allylic oxidation sites excluding steroid dienone is 1. The summed E-state index contributed by atoms with van der Waals surface area (Å²) in [5, 5.41) is 10.5. The van der Waals surface area contributed by atoms with Gasteiger partial charge in [-0.15, -0.1) is 0 Å². The topological polar surface area (TPSA) is 43.1 Å². The van der Waals surface area contributed by atoms with Crippen LogP contribution < -0.4 is 0 Å². The Balaban J connectivity index is 3.19. The number of hydrogen-bond acceptors (Lipinski definition) is 2. The highest BCUT2D eigenvalue weighted by molar-refractivity contribution is 6.58. The molecule has 0 saturated heterocycles. The molecule has 0 N–H and O–H groups in total. The molecule has 74 valence electrons. The second kappa shape index (κ2) is 4.44. The van der Waals surface area contributed by atoms with Crippen LogP contribution in [0.3, 0.4) is 0 Å². The van der Waals surface area contributed by atoms with Gasteiger partial charge in [0, 0.05) is 12.1 Å². The van der Waals surface area contributed by atoms with Crippen molar-refractivity contribution >= 4 is 34.5 Å². The van der Waals surface area contributed by atoms with E-state index in [1.807, 2.05) is 0 Å². The Morgan fingerprint density at radius 1 is 1.43 bits per heavy atom. The molecule has 0 bridgehead atoms. The molecule has 0 saturated carbocycles. The van der Waals surface area contributed by atoms with Gasteiger partial charge in [0.2, 0.25) is 0 Å². The zero-order valence-electron chi connectivity index (χ0n) is 7.33. The van der Waals surface area contributed by atoms with Crippen LogP contribution >= 0.6 is 23.2 Å². The molecule has 1 aromatic carbocycles. The molecule has 0 unspecified atom stereocenters. The van der Waals surface area contributed by atoms with Crippen molar-refractivity contribution in [3.63, 3.8) is 0 Å². The Hall–Kier alpha value is -1.06. The van der Waals surface area contributed by atoms with Crippen LogP contribution in [0, 0.1) is 10.1 Å². The first-order valence-electron chi connectivity index (χ1n) is 3.79. The van der Waals surface area contributed by atoms with Gasteiger partial charge in [0.1, 0.15) is 4.49 Å². The van der Waals surface area contributed by atoms with E-state index in [1.165, 1.54) is 12.1 Å². The second-order valence-electron chi connectivity index (χ2n) is 2.69. The van der Waals surface area contributed by atoms with Gasteiger partial charge in [0.15, 0.2) is 0 Å². The van der Waals surface area contributed by atoms with Gasteiger partial charge >= 0.3 is 0 Å². The van der Waals surface area contributed by atoms with E-state index in [0.717, 1.165) is 0 Å². The van der Waals surface area contributed by atoms with E-state index in [2.05, 4.69) is 0 Å². The van der Waals surface area contributed by atoms with Gasteiger partial charge in [-0.05, 0) is 18.1 Å². The van der Waals surface area contributed by atoms with Crippen molar-refractivity contribution in [2.24, 2.45) is 0 Å². The molecule has 3 nitrogen and oxygen atoms in total. The molecule has 1 rings (SSSR count). The van der Waals surface area contributed by atoms with Crippen LogP contribution in [0.1, 0.15) is 12.5 Å². The summed E-state index contributed by atoms with van der Waals surface area (Å²) < 4.78 is 0.116. The first-order valence-corrected chi connectivity index (χ1v) is 4.54. The zero-order valence-corrected chi connectivity index (χ0v) is 8.84. The predicted molar refractivity (Wildman–Crippen MR) is 57.4 cm³/mol. The van der Waals surface area contributed by atoms with Crippen molar-refractivity contribution in [3.8, 4) is 0 Å². The van der Waals surface area contributed by atoms with Crippen molar-refractivity contribution in [2.45, 2.75) is 6.92 Å². The summed E-state index contributed by atoms with van der Waals surface area (Å²) in [5.41, 5.74) is 1.30. The van der Waals surface area contributed by atoms with E-state index < -0.39 is 4.92 Å². The maximum atomic E-state index is 10.5. The van der Waals surface area contributed by atoms with Crippen molar-refractivity contribution in [1.82, 2.24) is 0 Å². The average molecular weight is 232 g/mol. The highest BCUT2D eigenvalue weighted by atomic mass is 35.5. The predicted octanol–water partition coefficient (Wildman–Crippen LogP) is 3.76. The summed E-state index contributed by atoms with van der Waals surface area (Å²) in [6.45, 7) is 1.70. The Bertz CT molecular complexity index is 398. The summed E-state index contributed by atoms with van der Waals surface area (Å²) in [5.74, 6) is 0. The van der Waals surface area contributed by atoms with E-state index in [-0.39, 0.29) is 10.2 Å². The fraction of sp³-hybridized carbons (Fsp3) is 0.111. The lowest BCUT2D eigenvalue weighted by atomic mass is 10.1. The van der Waals surface area contributed by atoms with Crippen molar-refractivity contribution in [3.05, 3.63) is 44.4 Å². The first-order chi connectivity index (χ1) is 6.52. The molecule has 0 radical (unpaired) electrons. The normalized spacial score (nSPS) is 9.64. The van der Waals surface area contributed by atoms with Gasteiger partial charge < -0.3 is 0 Å². The third kappa shape index (κ3) is 2.47. The van der Waals surface area contributed by atoms with Crippen LogP contribution in [0.15, 0.2) is 28.8 Å². The maximum Gasteiger partial charge on any atom is 0.270 e. The fourth-order valence-electron chi connectivity index (χ4n) is 0.962. The molecule has 1 aromatic rings. The molecule has 0 heterocycles. The Labute approximate surface area is 91.1 Å². The SMILES string of the molecule is CC(=C(Cl)Cl)c1cccc([N+](=O)[O-])c1. The molecule has 0 atom stereocenters. The smallest absolute Gasteiger partial charge is 0.258 e. The van der Waals surface area contributed by atoms with E-state index in [4.69, 9.17) is 23.2 Å². The van der Waals surface area contributed by atoms with E-state index >= 15 is 0 Å². The van der Waals surface area contributed by atoms with E-state index in [0.29, 0.717) is 11.1 Å². The van der Waals surface area contributed by atoms with Gasteiger partial charge in [-0.2, -0.15) is 0 Å². The number of nitro groups is 1. The molecule has 0 aliphatic carbocycles. The van der Waals surface area contributed by atoms with Crippen molar-refractivity contribution < 1.29 is 4.92 Å². The third-order valence-electron chi connectivity index (χ3n) is 1.77. The number of nitro benzene ring substituents is 1. The number of halogens is 2. The Morgan fingerprint density at radius 2 is 2.07 bits per heavy atom. The fourth-order valence-corrected chi connectivity index (χ4v) is 1.18. The van der Waals surface area contributed by atoms with Gasteiger partial charge in [0.25, 0.3) is 5.69 Å². The summed E-state index contributed by atoms with van der Waals surface area (Å²) in [6, 6.07) is 6.15. The molecule has 0 aliphatic rings. The standard InChI is InChI=1S/C9H7Cl2NO2/c1-6(9(10)11)7-3-2-4-8(5-7)12(13)14/h2-5H,1H3. The quantitative estimate of drug-likeness (QED) is 0.575. The van der Waals surface area contributed by atoms with Crippen molar-refractivity contribution in [1.29, 1.82) is 0 Å². The number of nitrogens with zero attached hydrogens (tertiary/aromatic N) is 1. The Kier molecular flexibility index (Phi) is 3.49. The molecule has 0 fully saturated rings. The number of benzene rings is 1. The molecule has 14 heavy (non-hydrogen) atoms. The van der Waals surface area contributed by atoms with Crippen LogP contribution in [-0.2, 0) is 0 Å². The van der Waals surface area contributed by atoms with Crippen LogP contribution in [0.4, 0.5) is 5.69 Å². The van der Waals surface area contributed by atoms with Gasteiger partial charge in [0.05, 0.1) is 4.92 Å². The highest BCUT2D eigenvalue weighted by Crippen LogP contribution is 2.25. The molecule has 0 aliphatic heterocycles. The average Bonchev–Trinajstić information content (AvgIpc) is 2.16. The molecular formula is C9H7Cl2NO2. The number of rotatable bonds is 2. The van der Waals surface area contributed by atoms with Crippen LogP contribution in [-0.4, -0.2) is 4.92 Å². The summed E-state index contributed by atoms with van der Waals surface area (Å²) in [4.78, 5) is 10.0. The maximum absolute atomic E-state index is 10.5. The molecular weight excluding hydrogens is 225 g/mol. The van der Waals surface area contributed by atoms with Crippen LogP contribution in [0.2, 0.25) is 0 Å². The first kappa shape index (κ1) is 11.0. The molecule has 0 spiro atoms. The van der Waals surface area contributed by atoms with E-state index in [1.54, 1.807) is 19.1 Å². The van der Waals surface area contributed by atoms with Gasteiger partial charge in [-0.25, -0.2) is 0 Å². The van der Waals surface area contributed by atoms with Crippen LogP contribution in [0.5, 0.6) is 0 Å². The minimum atomic E-state index is -0.459. The lowest BCUT2D eigenvalue weighted by Gasteiger charge is -2.00. The summed E-state index contributed by atoms with van der Waals surface area (Å²) >= 11 is 11.1. The highest BCUT2D eigenvalue weighted by Gasteiger charge is 2.07. The summed E-state index contributed by atoms with van der Waals surface area (Å²) in [7, 11) is 0. The third-order valence-corrected chi connectivity index (χ3v) is 2.34. The van der Waals surface area contributed by atoms with Gasteiger partial charge in [-0.1, -0.05) is 35.3 Å². The largest absolute Gasteiger partial charge is 0.270 e. The molecule has 0 aromatic heterocycles. The number of hydrogen-bond donors (Lipinski definition) is 0. The minimum Gasteiger partial charge on any atom is -0.258 e. The van der Waals surface area contributed by atoms with Crippen molar-refractivity contribution in [2.75, 3.05) is 0 Å².